The number of ether oxygens (including phenoxy) is 5. The van der Waals surface area contributed by atoms with Crippen molar-refractivity contribution in [3.05, 3.63) is 130 Å². The van der Waals surface area contributed by atoms with Crippen molar-refractivity contribution in [3.8, 4) is 23.0 Å². The number of methoxy groups -OCH3 is 2. The summed E-state index contributed by atoms with van der Waals surface area (Å²) in [6.45, 7) is 8.77. The first kappa shape index (κ1) is 45.5. The smallest absolute Gasteiger partial charge is 0.306 e. The lowest BCUT2D eigenvalue weighted by Crippen LogP contribution is -2.40. The van der Waals surface area contributed by atoms with Crippen molar-refractivity contribution in [2.45, 2.75) is 76.7 Å². The Bertz CT molecular complexity index is 2810. The molecule has 3 amide bonds. The molecule has 0 saturated heterocycles. The fourth-order valence-electron chi connectivity index (χ4n) is 9.54. The van der Waals surface area contributed by atoms with E-state index in [1.165, 1.54) is 14.2 Å². The van der Waals surface area contributed by atoms with Crippen LogP contribution in [0.1, 0.15) is 82.4 Å². The number of hydrogen-bond donors (Lipinski definition) is 1. The molecule has 1 saturated carbocycles. The minimum atomic E-state index is -0.872. The lowest BCUT2D eigenvalue weighted by atomic mass is 10.0. The quantitative estimate of drug-likeness (QED) is 0.0654. The molecule has 4 aromatic rings. The molecular weight excluding hydrogens is 867 g/mol. The number of ketones is 1. The van der Waals surface area contributed by atoms with Gasteiger partial charge in [-0.05, 0) is 109 Å². The standard InChI is InChI=1S/C53H53N5O10/c1-31-16-17-44(59)50(31)68-49(60)15-10-19-56(3)36-22-32(29-66-47-27-39(54-2)37(25-45(47)64-4)52(62)57-20-18-34-11-6-8-13-41(34)57)21-33(23-36)30-67-48-28-40-38(26-46(48)65-5)53(63)58-42-14-9-7-12-35(42)24-43(58)51(61)55-40/h6,8-9,11,13-14,21-23,25-28,43,50H,1-2,7,10,12,15-20,24,29-30H2,3-5H3,(H,55,61). The Morgan fingerprint density at radius 3 is 2.34 bits per heavy atom. The van der Waals surface area contributed by atoms with E-state index in [0.29, 0.717) is 89.8 Å². The van der Waals surface area contributed by atoms with Crippen LogP contribution in [0.4, 0.5) is 22.7 Å². The zero-order valence-corrected chi connectivity index (χ0v) is 38.4. The summed E-state index contributed by atoms with van der Waals surface area (Å²) in [5.41, 5.74) is 8.08. The van der Waals surface area contributed by atoms with Gasteiger partial charge in [0.2, 0.25) is 5.91 Å². The third-order valence-electron chi connectivity index (χ3n) is 13.1. The van der Waals surface area contributed by atoms with E-state index in [2.05, 4.69) is 23.6 Å². The van der Waals surface area contributed by atoms with E-state index in [-0.39, 0.29) is 43.1 Å². The molecule has 2 unspecified atom stereocenters. The van der Waals surface area contributed by atoms with Crippen LogP contribution in [0.25, 0.3) is 0 Å². The maximum Gasteiger partial charge on any atom is 0.306 e. The molecule has 2 atom stereocenters. The molecule has 2 aliphatic carbocycles. The molecule has 68 heavy (non-hydrogen) atoms. The lowest BCUT2D eigenvalue weighted by molar-refractivity contribution is -0.151. The highest BCUT2D eigenvalue weighted by atomic mass is 16.5. The number of aliphatic imine (C=N–C) groups is 1. The Balaban J connectivity index is 0.958. The van der Waals surface area contributed by atoms with Crippen LogP contribution in [-0.4, -0.2) is 87.6 Å². The second-order valence-corrected chi connectivity index (χ2v) is 17.5. The van der Waals surface area contributed by atoms with Gasteiger partial charge in [0.15, 0.2) is 34.9 Å². The fraction of sp³-hybridized carbons (Fsp3) is 0.321. The molecule has 4 aromatic carbocycles. The van der Waals surface area contributed by atoms with E-state index >= 15 is 0 Å². The van der Waals surface area contributed by atoms with E-state index < -0.39 is 18.1 Å². The van der Waals surface area contributed by atoms with Crippen molar-refractivity contribution in [1.82, 2.24) is 4.90 Å². The number of nitrogens with zero attached hydrogens (tertiary/aromatic N) is 4. The zero-order valence-electron chi connectivity index (χ0n) is 38.4. The number of fused-ring (bicyclic) bond motifs is 4. The Hall–Kier alpha value is -7.68. The maximum atomic E-state index is 14.1. The molecule has 15 heteroatoms. The number of benzene rings is 4. The number of carbonyl (C=O) groups excluding carboxylic acids is 5. The highest BCUT2D eigenvalue weighted by Crippen LogP contribution is 2.43. The summed E-state index contributed by atoms with van der Waals surface area (Å²) in [7, 11) is 4.91. The van der Waals surface area contributed by atoms with Crippen molar-refractivity contribution in [2.24, 2.45) is 4.99 Å². The van der Waals surface area contributed by atoms with Crippen molar-refractivity contribution in [3.63, 3.8) is 0 Å². The number of nitrogens with one attached hydrogen (secondary N) is 1. The molecule has 1 N–H and O–H groups in total. The van der Waals surface area contributed by atoms with Crippen molar-refractivity contribution >= 4 is 58.9 Å². The molecule has 5 aliphatic rings. The molecule has 9 rings (SSSR count). The van der Waals surface area contributed by atoms with Gasteiger partial charge < -0.3 is 38.8 Å². The minimum Gasteiger partial charge on any atom is -0.493 e. The summed E-state index contributed by atoms with van der Waals surface area (Å²) in [5.74, 6) is -0.0394. The normalized spacial score (nSPS) is 18.0. The van der Waals surface area contributed by atoms with E-state index in [9.17, 15) is 24.0 Å². The predicted octanol–water partition coefficient (Wildman–Crippen LogP) is 8.21. The molecule has 0 aromatic heterocycles. The van der Waals surface area contributed by atoms with Crippen LogP contribution in [0.2, 0.25) is 0 Å². The SMILES string of the molecule is C=Nc1cc(OCc2cc(COc3cc4c(cc3OC)C(=O)N3C5=C(CCC=C5)CC3C(=O)N4)cc(N(C)CCCC(=O)OC3C(=C)CCC3=O)c2)c(OC)cc1C(=O)N1CCc2ccccc21. The van der Waals surface area contributed by atoms with Gasteiger partial charge in [-0.1, -0.05) is 30.9 Å². The third kappa shape index (κ3) is 8.95. The summed E-state index contributed by atoms with van der Waals surface area (Å²) < 4.78 is 29.8. The summed E-state index contributed by atoms with van der Waals surface area (Å²) >= 11 is 0. The molecule has 0 bridgehead atoms. The first-order chi connectivity index (χ1) is 32.9. The van der Waals surface area contributed by atoms with E-state index in [0.717, 1.165) is 58.6 Å². The first-order valence-electron chi connectivity index (χ1n) is 22.8. The predicted molar refractivity (Wildman–Crippen MR) is 256 cm³/mol. The van der Waals surface area contributed by atoms with E-state index in [4.69, 9.17) is 23.7 Å². The minimum absolute atomic E-state index is 0.0530. The van der Waals surface area contributed by atoms with E-state index in [1.807, 2.05) is 66.6 Å². The third-order valence-corrected chi connectivity index (χ3v) is 13.1. The molecule has 0 spiro atoms. The van der Waals surface area contributed by atoms with E-state index in [1.54, 1.807) is 34.1 Å². The van der Waals surface area contributed by atoms with Crippen molar-refractivity contribution in [2.75, 3.05) is 49.5 Å². The molecule has 350 valence electrons. The number of carbonyl (C=O) groups is 5. The highest BCUT2D eigenvalue weighted by Gasteiger charge is 2.43. The first-order valence-corrected chi connectivity index (χ1v) is 22.8. The number of Topliss-reactive ketones (excluding diaryl/α,β-unsaturated/α-hetero) is 1. The Morgan fingerprint density at radius 2 is 1.62 bits per heavy atom. The zero-order chi connectivity index (χ0) is 47.6. The number of anilines is 3. The number of allylic oxidation sites excluding steroid dienone is 2. The summed E-state index contributed by atoms with van der Waals surface area (Å²) in [6.07, 6.45) is 7.42. The van der Waals surface area contributed by atoms with Gasteiger partial charge >= 0.3 is 5.97 Å². The fourth-order valence-corrected chi connectivity index (χ4v) is 9.54. The molecular formula is C53H53N5O10. The summed E-state index contributed by atoms with van der Waals surface area (Å²) in [5, 5.41) is 2.98. The van der Waals surface area contributed by atoms with Gasteiger partial charge in [0.1, 0.15) is 19.3 Å². The number of para-hydroxylation sites is 1. The van der Waals surface area contributed by atoms with Crippen molar-refractivity contribution < 1.29 is 47.7 Å². The summed E-state index contributed by atoms with van der Waals surface area (Å²) in [6, 6.07) is 19.5. The second kappa shape index (κ2) is 19.3. The maximum absolute atomic E-state index is 14.1. The van der Waals surface area contributed by atoms with Gasteiger partial charge in [0.05, 0.1) is 36.7 Å². The van der Waals surface area contributed by atoms with Crippen molar-refractivity contribution in [1.29, 1.82) is 0 Å². The number of hydrogen-bond acceptors (Lipinski definition) is 12. The van der Waals surface area contributed by atoms with Gasteiger partial charge in [0.25, 0.3) is 11.8 Å². The van der Waals surface area contributed by atoms with Crippen LogP contribution in [0, 0.1) is 0 Å². The number of rotatable bonds is 16. The molecule has 15 nitrogen and oxygen atoms in total. The molecule has 3 heterocycles. The largest absolute Gasteiger partial charge is 0.493 e. The van der Waals surface area contributed by atoms with Gasteiger partial charge in [-0.15, -0.1) is 0 Å². The van der Waals surface area contributed by atoms with Crippen LogP contribution >= 0.6 is 0 Å². The average molecular weight is 920 g/mol. The topological polar surface area (TPSA) is 166 Å². The highest BCUT2D eigenvalue weighted by molar-refractivity contribution is 6.12. The van der Waals surface area contributed by atoms with Gasteiger partial charge in [-0.2, -0.15) is 0 Å². The molecule has 1 fully saturated rings. The second-order valence-electron chi connectivity index (χ2n) is 17.5. The number of esters is 1. The molecule has 0 radical (unpaired) electrons. The lowest BCUT2D eigenvalue weighted by Gasteiger charge is -2.23. The van der Waals surface area contributed by atoms with Crippen LogP contribution in [0.15, 0.2) is 107 Å². The Labute approximate surface area is 394 Å². The van der Waals surface area contributed by atoms with Crippen LogP contribution < -0.4 is 34.1 Å². The average Bonchev–Trinajstić information content (AvgIpc) is 4.04. The monoisotopic (exact) mass is 919 g/mol. The Morgan fingerprint density at radius 1 is 0.882 bits per heavy atom. The van der Waals surface area contributed by atoms with Crippen LogP contribution in [0.3, 0.4) is 0 Å². The number of amides is 3. The van der Waals surface area contributed by atoms with Gasteiger partial charge in [-0.25, -0.2) is 0 Å². The van der Waals surface area contributed by atoms with Crippen LogP contribution in [-0.2, 0) is 38.8 Å². The summed E-state index contributed by atoms with van der Waals surface area (Å²) in [4.78, 5) is 76.2. The molecule has 3 aliphatic heterocycles. The Kier molecular flexibility index (Phi) is 12.9. The van der Waals surface area contributed by atoms with Gasteiger partial charge in [0, 0.05) is 68.6 Å². The van der Waals surface area contributed by atoms with Crippen LogP contribution in [0.5, 0.6) is 23.0 Å². The van der Waals surface area contributed by atoms with Gasteiger partial charge in [-0.3, -0.25) is 33.9 Å².